The Balaban J connectivity index is 3.93. The van der Waals surface area contributed by atoms with Crippen molar-refractivity contribution in [1.29, 1.82) is 0 Å². The molecule has 0 amide bonds. The number of carboxylic acids is 1. The maximum absolute atomic E-state index is 12.9. The van der Waals surface area contributed by atoms with E-state index in [1.807, 2.05) is 21.1 Å². The lowest BCUT2D eigenvalue weighted by molar-refractivity contribution is -0.870. The van der Waals surface area contributed by atoms with Crippen molar-refractivity contribution in [2.45, 2.75) is 373 Å². The molecule has 0 aromatic rings. The van der Waals surface area contributed by atoms with E-state index in [0.29, 0.717) is 11.0 Å². The van der Waals surface area contributed by atoms with Crippen molar-refractivity contribution in [3.63, 3.8) is 0 Å². The highest BCUT2D eigenvalue weighted by Gasteiger charge is 2.22. The summed E-state index contributed by atoms with van der Waals surface area (Å²) in [4.78, 5) is 37.4. The van der Waals surface area contributed by atoms with E-state index < -0.39 is 24.3 Å². The van der Waals surface area contributed by atoms with E-state index in [0.717, 1.165) is 51.4 Å². The van der Waals surface area contributed by atoms with Gasteiger partial charge in [-0.25, -0.2) is 0 Å². The zero-order valence-electron chi connectivity index (χ0n) is 57.0. The van der Waals surface area contributed by atoms with Crippen LogP contribution in [-0.4, -0.2) is 82.3 Å². The molecule has 0 saturated heterocycles. The molecule has 0 aliphatic carbocycles. The Morgan fingerprint density at radius 3 is 0.953 bits per heavy atom. The van der Waals surface area contributed by atoms with Crippen LogP contribution in [0.4, 0.5) is 0 Å². The van der Waals surface area contributed by atoms with Crippen LogP contribution in [0.1, 0.15) is 361 Å². The Hall–Kier alpha value is -2.75. The number of rotatable bonds is 69. The maximum atomic E-state index is 12.9. The van der Waals surface area contributed by atoms with E-state index in [2.05, 4.69) is 62.5 Å². The fourth-order valence-electron chi connectivity index (χ4n) is 10.9. The number of carbonyl (C=O) groups excluding carboxylic acids is 3. The third kappa shape index (κ3) is 68.6. The van der Waals surface area contributed by atoms with Crippen LogP contribution in [0.15, 0.2) is 48.6 Å². The summed E-state index contributed by atoms with van der Waals surface area (Å²) in [5, 5.41) is 11.8. The van der Waals surface area contributed by atoms with E-state index in [1.165, 1.54) is 283 Å². The molecule has 0 radical (unpaired) electrons. The summed E-state index contributed by atoms with van der Waals surface area (Å²) in [6, 6.07) is 0. The molecule has 0 spiro atoms. The lowest BCUT2D eigenvalue weighted by atomic mass is 10.0. The molecule has 2 atom stereocenters. The second-order valence-electron chi connectivity index (χ2n) is 26.2. The number of carboxylic acid groups (broad SMARTS) is 1. The molecule has 0 aliphatic heterocycles. The van der Waals surface area contributed by atoms with Crippen molar-refractivity contribution < 1.29 is 42.9 Å². The van der Waals surface area contributed by atoms with Crippen molar-refractivity contribution in [3.05, 3.63) is 48.6 Å². The molecular formula is C76H141NO8. The molecule has 85 heavy (non-hydrogen) atoms. The smallest absolute Gasteiger partial charge is 0.306 e. The number of nitrogens with zero attached hydrogens (tertiary/aromatic N) is 1. The zero-order valence-corrected chi connectivity index (χ0v) is 57.0. The first kappa shape index (κ1) is 82.2. The Bertz CT molecular complexity index is 1530. The monoisotopic (exact) mass is 1200 g/mol. The Kier molecular flexibility index (Phi) is 65.0. The lowest BCUT2D eigenvalue weighted by Crippen LogP contribution is -2.44. The van der Waals surface area contributed by atoms with Gasteiger partial charge in [0.2, 0.25) is 0 Å². The van der Waals surface area contributed by atoms with Gasteiger partial charge in [-0.1, -0.05) is 319 Å². The number of aliphatic carboxylic acids is 1. The SMILES string of the molecule is CCCCC/C=C\C/C=C\CCCCCCCCCCCC(=O)OCC(COC(OCC[N+](C)(C)C)C(=O)[O-])OC(=O)CCCCCCCCCCCCCCCCCCCCCCCCCCCCCCC/C=C\C/C=C\CCCCCCC. The summed E-state index contributed by atoms with van der Waals surface area (Å²) in [7, 11) is 5.94. The largest absolute Gasteiger partial charge is 0.545 e. The molecule has 9 heteroatoms. The number of hydrogen-bond acceptors (Lipinski definition) is 8. The van der Waals surface area contributed by atoms with E-state index in [-0.39, 0.29) is 38.6 Å². The second kappa shape index (κ2) is 67.2. The minimum atomic E-state index is -1.62. The number of likely N-dealkylation sites (N-methyl/N-ethyl adjacent to an activating group) is 1. The van der Waals surface area contributed by atoms with Gasteiger partial charge in [0.1, 0.15) is 13.2 Å². The van der Waals surface area contributed by atoms with Crippen LogP contribution in [-0.2, 0) is 33.3 Å². The predicted octanol–water partition coefficient (Wildman–Crippen LogP) is 21.6. The number of carbonyl (C=O) groups is 3. The number of allylic oxidation sites excluding steroid dienone is 8. The molecule has 0 fully saturated rings. The molecule has 0 aromatic heterocycles. The minimum Gasteiger partial charge on any atom is -0.545 e. The van der Waals surface area contributed by atoms with Crippen molar-refractivity contribution in [2.75, 3.05) is 47.5 Å². The van der Waals surface area contributed by atoms with Gasteiger partial charge in [0.25, 0.3) is 0 Å². The zero-order chi connectivity index (χ0) is 61.9. The van der Waals surface area contributed by atoms with Crippen LogP contribution in [0.3, 0.4) is 0 Å². The quantitative estimate of drug-likeness (QED) is 0.0195. The molecule has 0 heterocycles. The topological polar surface area (TPSA) is 111 Å². The van der Waals surface area contributed by atoms with Gasteiger partial charge in [-0.15, -0.1) is 0 Å². The molecule has 0 bridgehead atoms. The number of ether oxygens (including phenoxy) is 4. The van der Waals surface area contributed by atoms with Gasteiger partial charge in [0, 0.05) is 12.8 Å². The van der Waals surface area contributed by atoms with Crippen LogP contribution < -0.4 is 5.11 Å². The summed E-state index contributed by atoms with van der Waals surface area (Å²) in [5.74, 6) is -2.27. The second-order valence-corrected chi connectivity index (χ2v) is 26.2. The Labute approximate surface area is 527 Å². The van der Waals surface area contributed by atoms with E-state index in [4.69, 9.17) is 18.9 Å². The first-order valence-electron chi connectivity index (χ1n) is 36.8. The third-order valence-electron chi connectivity index (χ3n) is 16.5. The fraction of sp³-hybridized carbons (Fsp3) is 0.855. The summed E-state index contributed by atoms with van der Waals surface area (Å²) in [6.45, 7) is 4.76. The van der Waals surface area contributed by atoms with E-state index in [1.54, 1.807) is 0 Å². The average molecular weight is 1200 g/mol. The number of esters is 2. The van der Waals surface area contributed by atoms with Crippen LogP contribution in [0.5, 0.6) is 0 Å². The van der Waals surface area contributed by atoms with Gasteiger partial charge in [-0.05, 0) is 77.0 Å². The summed E-state index contributed by atoms with van der Waals surface area (Å²) in [5.41, 5.74) is 0. The first-order valence-corrected chi connectivity index (χ1v) is 36.8. The van der Waals surface area contributed by atoms with Crippen molar-refractivity contribution in [3.8, 4) is 0 Å². The third-order valence-corrected chi connectivity index (χ3v) is 16.5. The molecule has 0 N–H and O–H groups in total. The van der Waals surface area contributed by atoms with Crippen LogP contribution in [0.2, 0.25) is 0 Å². The first-order chi connectivity index (χ1) is 41.6. The number of quaternary nitrogens is 1. The van der Waals surface area contributed by atoms with Crippen molar-refractivity contribution in [2.24, 2.45) is 0 Å². The molecule has 0 saturated carbocycles. The molecular weight excluding hydrogens is 1050 g/mol. The fourth-order valence-corrected chi connectivity index (χ4v) is 10.9. The van der Waals surface area contributed by atoms with Crippen LogP contribution >= 0.6 is 0 Å². The average Bonchev–Trinajstić information content (AvgIpc) is 3.50. The maximum Gasteiger partial charge on any atom is 0.306 e. The Morgan fingerprint density at radius 1 is 0.353 bits per heavy atom. The molecule has 0 aromatic carbocycles. The summed E-state index contributed by atoms with van der Waals surface area (Å²) >= 11 is 0. The molecule has 0 aliphatic rings. The highest BCUT2D eigenvalue weighted by molar-refractivity contribution is 5.70. The highest BCUT2D eigenvalue weighted by atomic mass is 16.7. The normalized spacial score (nSPS) is 12.9. The van der Waals surface area contributed by atoms with Gasteiger partial charge in [0.05, 0.1) is 40.3 Å². The van der Waals surface area contributed by atoms with Crippen molar-refractivity contribution in [1.82, 2.24) is 0 Å². The van der Waals surface area contributed by atoms with Gasteiger partial charge in [-0.2, -0.15) is 0 Å². The standard InChI is InChI=1S/C76H141NO8/c1-6-8-10-12-14-16-18-20-22-24-26-27-28-29-30-31-32-33-34-35-36-37-38-39-40-41-42-43-44-45-46-47-49-51-53-55-57-59-61-63-65-67-74(79)85-72(71-84-76(75(80)81)82-69-68-77(3,4)5)70-83-73(78)66-64-62-60-58-56-54-52-50-48-25-23-21-19-17-15-13-11-9-7-2/h15,17-18,20-21,23-24,26,72,76H,6-14,16,19,22,25,27-71H2,1-5H3/b17-15-,20-18-,23-21-,26-24-. The lowest BCUT2D eigenvalue weighted by Gasteiger charge is -2.26. The number of hydrogen-bond donors (Lipinski definition) is 0. The van der Waals surface area contributed by atoms with Gasteiger partial charge < -0.3 is 33.3 Å². The minimum absolute atomic E-state index is 0.149. The van der Waals surface area contributed by atoms with Crippen molar-refractivity contribution >= 4 is 17.9 Å². The van der Waals surface area contributed by atoms with Gasteiger partial charge in [0.15, 0.2) is 12.4 Å². The molecule has 498 valence electrons. The molecule has 2 unspecified atom stereocenters. The van der Waals surface area contributed by atoms with Crippen LogP contribution in [0.25, 0.3) is 0 Å². The van der Waals surface area contributed by atoms with Crippen LogP contribution in [0, 0.1) is 0 Å². The highest BCUT2D eigenvalue weighted by Crippen LogP contribution is 2.19. The van der Waals surface area contributed by atoms with Gasteiger partial charge in [-0.3, -0.25) is 9.59 Å². The molecule has 9 nitrogen and oxygen atoms in total. The Morgan fingerprint density at radius 2 is 0.635 bits per heavy atom. The van der Waals surface area contributed by atoms with E-state index >= 15 is 0 Å². The van der Waals surface area contributed by atoms with Gasteiger partial charge >= 0.3 is 11.9 Å². The molecule has 0 rings (SSSR count). The summed E-state index contributed by atoms with van der Waals surface area (Å²) in [6.07, 6.45) is 83.7. The van der Waals surface area contributed by atoms with E-state index in [9.17, 15) is 19.5 Å². The summed E-state index contributed by atoms with van der Waals surface area (Å²) < 4.78 is 22.8. The predicted molar refractivity (Wildman–Crippen MR) is 362 cm³/mol. The number of unbranched alkanes of at least 4 members (excludes halogenated alkanes) is 46.